The molecule has 0 saturated carbocycles. The maximum absolute atomic E-state index is 12.6. The summed E-state index contributed by atoms with van der Waals surface area (Å²) in [6.45, 7) is 6.99. The summed E-state index contributed by atoms with van der Waals surface area (Å²) >= 11 is 0. The summed E-state index contributed by atoms with van der Waals surface area (Å²) in [6, 6.07) is 8.30. The smallest absolute Gasteiger partial charge is 0.407 e. The Morgan fingerprint density at radius 1 is 1.07 bits per heavy atom. The van der Waals surface area contributed by atoms with Gasteiger partial charge in [0.1, 0.15) is 5.60 Å². The number of benzene rings is 1. The van der Waals surface area contributed by atoms with Gasteiger partial charge in [-0.3, -0.25) is 4.79 Å². The number of sulfonamides is 1. The molecule has 1 aromatic carbocycles. The van der Waals surface area contributed by atoms with Crippen LogP contribution in [0.25, 0.3) is 0 Å². The zero-order valence-electron chi connectivity index (χ0n) is 16.7. The molecule has 1 saturated heterocycles. The highest BCUT2D eigenvalue weighted by Crippen LogP contribution is 2.17. The molecule has 0 spiro atoms. The summed E-state index contributed by atoms with van der Waals surface area (Å²) in [6.07, 6.45) is 0.293. The van der Waals surface area contributed by atoms with Crippen LogP contribution in [0.2, 0.25) is 0 Å². The molecule has 0 radical (unpaired) electrons. The first-order valence-electron chi connectivity index (χ1n) is 9.39. The minimum Gasteiger partial charge on any atom is -0.444 e. The molecule has 1 fully saturated rings. The number of amides is 2. The third kappa shape index (κ3) is 6.49. The van der Waals surface area contributed by atoms with Crippen molar-refractivity contribution in [3.63, 3.8) is 0 Å². The molecule has 0 aliphatic carbocycles. The molecule has 0 unspecified atom stereocenters. The van der Waals surface area contributed by atoms with Gasteiger partial charge in [-0.15, -0.1) is 0 Å². The highest BCUT2D eigenvalue weighted by atomic mass is 32.2. The second-order valence-electron chi connectivity index (χ2n) is 7.63. The molecule has 1 aliphatic rings. The summed E-state index contributed by atoms with van der Waals surface area (Å²) in [4.78, 5) is 25.8. The van der Waals surface area contributed by atoms with Crippen molar-refractivity contribution < 1.29 is 22.7 Å². The van der Waals surface area contributed by atoms with E-state index in [0.717, 1.165) is 0 Å². The molecular weight excluding hydrogens is 382 g/mol. The van der Waals surface area contributed by atoms with Crippen LogP contribution in [0.4, 0.5) is 4.79 Å². The lowest BCUT2D eigenvalue weighted by Crippen LogP contribution is -2.50. The molecule has 8 nitrogen and oxygen atoms in total. The van der Waals surface area contributed by atoms with Crippen LogP contribution in [0.3, 0.4) is 0 Å². The zero-order valence-corrected chi connectivity index (χ0v) is 17.5. The number of alkyl carbamates (subject to hydrolysis) is 1. The van der Waals surface area contributed by atoms with Crippen LogP contribution in [0.5, 0.6) is 0 Å². The van der Waals surface area contributed by atoms with Crippen LogP contribution >= 0.6 is 0 Å². The van der Waals surface area contributed by atoms with Crippen molar-refractivity contribution >= 4 is 22.0 Å². The predicted octanol–water partition coefficient (Wildman–Crippen LogP) is 1.82. The molecule has 0 bridgehead atoms. The fourth-order valence-corrected chi connectivity index (χ4v) is 4.26. The van der Waals surface area contributed by atoms with Gasteiger partial charge in [-0.1, -0.05) is 18.2 Å². The molecule has 156 valence electrons. The van der Waals surface area contributed by atoms with Crippen molar-refractivity contribution in [2.45, 2.75) is 44.1 Å². The molecule has 1 aromatic rings. The maximum atomic E-state index is 12.6. The largest absolute Gasteiger partial charge is 0.444 e. The Morgan fingerprint density at radius 3 is 2.25 bits per heavy atom. The van der Waals surface area contributed by atoms with Crippen LogP contribution in [-0.4, -0.2) is 67.9 Å². The number of hydrogen-bond donors (Lipinski definition) is 1. The van der Waals surface area contributed by atoms with E-state index in [1.54, 1.807) is 56.0 Å². The number of nitrogens with zero attached hydrogens (tertiary/aromatic N) is 2. The van der Waals surface area contributed by atoms with Gasteiger partial charge in [0.25, 0.3) is 0 Å². The number of nitrogens with one attached hydrogen (secondary N) is 1. The topological polar surface area (TPSA) is 96.0 Å². The summed E-state index contributed by atoms with van der Waals surface area (Å²) in [5.41, 5.74) is -0.556. The van der Waals surface area contributed by atoms with Crippen LogP contribution in [-0.2, 0) is 19.6 Å². The van der Waals surface area contributed by atoms with E-state index in [2.05, 4.69) is 5.32 Å². The summed E-state index contributed by atoms with van der Waals surface area (Å²) in [7, 11) is -3.52. The number of ether oxygens (including phenoxy) is 1. The van der Waals surface area contributed by atoms with Gasteiger partial charge in [0, 0.05) is 39.1 Å². The van der Waals surface area contributed by atoms with E-state index < -0.39 is 21.7 Å². The quantitative estimate of drug-likeness (QED) is 0.721. The van der Waals surface area contributed by atoms with E-state index in [4.69, 9.17) is 4.74 Å². The molecule has 0 aromatic heterocycles. The minimum absolute atomic E-state index is 0.0391. The van der Waals surface area contributed by atoms with Gasteiger partial charge < -0.3 is 15.0 Å². The van der Waals surface area contributed by atoms with Crippen molar-refractivity contribution in [3.05, 3.63) is 30.3 Å². The highest BCUT2D eigenvalue weighted by Gasteiger charge is 2.29. The number of piperazine rings is 1. The fourth-order valence-electron chi connectivity index (χ4n) is 2.82. The molecule has 28 heavy (non-hydrogen) atoms. The highest BCUT2D eigenvalue weighted by molar-refractivity contribution is 7.89. The number of carbonyl (C=O) groups is 2. The second-order valence-corrected chi connectivity index (χ2v) is 9.57. The molecule has 2 amide bonds. The number of carbonyl (C=O) groups excluding carboxylic acids is 2. The molecular formula is C19H29N3O5S. The fraction of sp³-hybridized carbons (Fsp3) is 0.579. The summed E-state index contributed by atoms with van der Waals surface area (Å²) in [5.74, 6) is -0.0391. The first-order chi connectivity index (χ1) is 13.1. The molecule has 1 heterocycles. The van der Waals surface area contributed by atoms with Crippen LogP contribution in [0.1, 0.15) is 33.6 Å². The summed E-state index contributed by atoms with van der Waals surface area (Å²) < 4.78 is 31.8. The van der Waals surface area contributed by atoms with Crippen LogP contribution < -0.4 is 5.32 Å². The monoisotopic (exact) mass is 411 g/mol. The SMILES string of the molecule is CC(C)(C)OC(=O)NCCCC(=O)N1CCN(S(=O)(=O)c2ccccc2)CC1. The minimum atomic E-state index is -3.52. The third-order valence-electron chi connectivity index (χ3n) is 4.21. The van der Waals surface area contributed by atoms with Crippen molar-refractivity contribution in [1.82, 2.24) is 14.5 Å². The van der Waals surface area contributed by atoms with Gasteiger partial charge in [0.15, 0.2) is 0 Å². The Bertz CT molecular complexity index is 767. The predicted molar refractivity (Wildman–Crippen MR) is 105 cm³/mol. The van der Waals surface area contributed by atoms with Gasteiger partial charge in [0.05, 0.1) is 4.90 Å². The van der Waals surface area contributed by atoms with Crippen molar-refractivity contribution in [3.8, 4) is 0 Å². The van der Waals surface area contributed by atoms with E-state index in [1.807, 2.05) is 0 Å². The first-order valence-corrected chi connectivity index (χ1v) is 10.8. The Morgan fingerprint density at radius 2 is 1.68 bits per heavy atom. The van der Waals surface area contributed by atoms with Crippen molar-refractivity contribution in [1.29, 1.82) is 0 Å². The van der Waals surface area contributed by atoms with E-state index in [1.165, 1.54) is 4.31 Å². The van der Waals surface area contributed by atoms with Crippen molar-refractivity contribution in [2.24, 2.45) is 0 Å². The normalized spacial score (nSPS) is 15.9. The lowest BCUT2D eigenvalue weighted by atomic mass is 10.2. The van der Waals surface area contributed by atoms with E-state index >= 15 is 0 Å². The Balaban J connectivity index is 1.73. The Kier molecular flexibility index (Phi) is 7.42. The van der Waals surface area contributed by atoms with Gasteiger partial charge >= 0.3 is 6.09 Å². The molecule has 2 rings (SSSR count). The first kappa shape index (κ1) is 22.2. The van der Waals surface area contributed by atoms with Gasteiger partial charge in [-0.2, -0.15) is 4.31 Å². The van der Waals surface area contributed by atoms with Gasteiger partial charge in [0.2, 0.25) is 15.9 Å². The summed E-state index contributed by atoms with van der Waals surface area (Å²) in [5, 5.41) is 2.62. The Hall–Kier alpha value is -2.13. The van der Waals surface area contributed by atoms with Crippen LogP contribution in [0, 0.1) is 0 Å². The molecule has 0 atom stereocenters. The maximum Gasteiger partial charge on any atom is 0.407 e. The zero-order chi connectivity index (χ0) is 20.8. The lowest BCUT2D eigenvalue weighted by Gasteiger charge is -2.34. The molecule has 1 N–H and O–H groups in total. The van der Waals surface area contributed by atoms with Gasteiger partial charge in [-0.05, 0) is 39.3 Å². The molecule has 1 aliphatic heterocycles. The molecule has 9 heteroatoms. The Labute approximate surface area is 166 Å². The number of hydrogen-bond acceptors (Lipinski definition) is 5. The van der Waals surface area contributed by atoms with E-state index in [0.29, 0.717) is 32.5 Å². The average Bonchev–Trinajstić information content (AvgIpc) is 2.64. The number of rotatable bonds is 6. The van der Waals surface area contributed by atoms with Gasteiger partial charge in [-0.25, -0.2) is 13.2 Å². The van der Waals surface area contributed by atoms with E-state index in [-0.39, 0.29) is 23.9 Å². The van der Waals surface area contributed by atoms with E-state index in [9.17, 15) is 18.0 Å². The van der Waals surface area contributed by atoms with Crippen LogP contribution in [0.15, 0.2) is 35.2 Å². The average molecular weight is 412 g/mol. The third-order valence-corrected chi connectivity index (χ3v) is 6.12. The standard InChI is InChI=1S/C19H29N3O5S/c1-19(2,3)27-18(24)20-11-7-10-17(23)21-12-14-22(15-13-21)28(25,26)16-8-5-4-6-9-16/h4-6,8-9H,7,10-15H2,1-3H3,(H,20,24). The lowest BCUT2D eigenvalue weighted by molar-refractivity contribution is -0.132. The van der Waals surface area contributed by atoms with Crippen molar-refractivity contribution in [2.75, 3.05) is 32.7 Å². The second kappa shape index (κ2) is 9.38.